The predicted molar refractivity (Wildman–Crippen MR) is 88.6 cm³/mol. The van der Waals surface area contributed by atoms with E-state index in [1.54, 1.807) is 36.4 Å². The van der Waals surface area contributed by atoms with E-state index in [9.17, 15) is 10.2 Å². The minimum Gasteiger partial charge on any atom is -0.508 e. The summed E-state index contributed by atoms with van der Waals surface area (Å²) in [5, 5.41) is 40.6. The van der Waals surface area contributed by atoms with Crippen molar-refractivity contribution in [1.82, 2.24) is 0 Å². The third-order valence-electron chi connectivity index (χ3n) is 3.18. The molecule has 0 bridgehead atoms. The van der Waals surface area contributed by atoms with Crippen molar-refractivity contribution in [3.8, 4) is 11.5 Å². The van der Waals surface area contributed by atoms with Crippen LogP contribution in [0, 0.1) is 0 Å². The van der Waals surface area contributed by atoms with Crippen molar-refractivity contribution in [1.29, 1.82) is 0 Å². The van der Waals surface area contributed by atoms with Gasteiger partial charge >= 0.3 is 0 Å². The molecule has 7 nitrogen and oxygen atoms in total. The average Bonchev–Trinajstić information content (AvgIpc) is 2.59. The fourth-order valence-electron chi connectivity index (χ4n) is 2.11. The lowest BCUT2D eigenvalue weighted by Crippen LogP contribution is -1.81. The second-order valence-corrected chi connectivity index (χ2v) is 5.56. The van der Waals surface area contributed by atoms with Crippen LogP contribution in [0.25, 0.3) is 10.8 Å². The molecule has 8 heteroatoms. The number of nitrogens with zero attached hydrogens (tertiary/aromatic N) is 2. The molecule has 0 unspecified atom stereocenters. The highest BCUT2D eigenvalue weighted by Crippen LogP contribution is 2.34. The highest BCUT2D eigenvalue weighted by Gasteiger charge is 2.06. The third kappa shape index (κ3) is 3.81. The fourth-order valence-corrected chi connectivity index (χ4v) is 2.55. The van der Waals surface area contributed by atoms with E-state index in [-0.39, 0.29) is 11.5 Å². The molecule has 0 saturated heterocycles. The number of hydrogen-bond donors (Lipinski definition) is 3. The normalized spacial score (nSPS) is 11.4. The molecule has 0 saturated carbocycles. The van der Waals surface area contributed by atoms with Crippen LogP contribution < -0.4 is 0 Å². The van der Waals surface area contributed by atoms with Crippen LogP contribution >= 0.6 is 12.0 Å². The van der Waals surface area contributed by atoms with Crippen LogP contribution in [0.2, 0.25) is 0 Å². The maximum atomic E-state index is 10.0. The minimum absolute atomic E-state index is 0.0681. The first-order chi connectivity index (χ1) is 11.7. The Bertz CT molecular complexity index is 884. The molecule has 0 aliphatic rings. The van der Waals surface area contributed by atoms with Gasteiger partial charge in [0.25, 0.3) is 0 Å². The Kier molecular flexibility index (Phi) is 4.92. The van der Waals surface area contributed by atoms with Gasteiger partial charge in [0.1, 0.15) is 11.5 Å². The van der Waals surface area contributed by atoms with Crippen LogP contribution in [0.4, 0.5) is 11.4 Å². The number of phenolic OH excluding ortho intramolecular Hbond substituents is 2. The SMILES string of the molecule is OOOSc1cc(O)c2ccc(N=Nc3ccc(O)cc3)cc2c1. The molecule has 0 aliphatic heterocycles. The van der Waals surface area contributed by atoms with Crippen molar-refractivity contribution < 1.29 is 24.8 Å². The third-order valence-corrected chi connectivity index (χ3v) is 3.74. The summed E-state index contributed by atoms with van der Waals surface area (Å²) in [6, 6.07) is 14.8. The van der Waals surface area contributed by atoms with Gasteiger partial charge in [0.05, 0.1) is 23.4 Å². The molecule has 3 rings (SSSR count). The van der Waals surface area contributed by atoms with Gasteiger partial charge in [0.15, 0.2) is 0 Å². The molecule has 0 aromatic heterocycles. The molecule has 3 aromatic carbocycles. The van der Waals surface area contributed by atoms with E-state index in [1.165, 1.54) is 18.2 Å². The molecule has 3 N–H and O–H groups in total. The van der Waals surface area contributed by atoms with Gasteiger partial charge in [0.2, 0.25) is 0 Å². The highest BCUT2D eigenvalue weighted by atomic mass is 32.2. The van der Waals surface area contributed by atoms with Crippen molar-refractivity contribution in [2.24, 2.45) is 10.2 Å². The van der Waals surface area contributed by atoms with Gasteiger partial charge in [0, 0.05) is 10.3 Å². The molecule has 0 heterocycles. The summed E-state index contributed by atoms with van der Waals surface area (Å²) in [7, 11) is 0. The second kappa shape index (κ2) is 7.28. The number of aromatic hydroxyl groups is 2. The molecule has 0 amide bonds. The monoisotopic (exact) mass is 344 g/mol. The zero-order valence-electron chi connectivity index (χ0n) is 12.2. The smallest absolute Gasteiger partial charge is 0.124 e. The summed E-state index contributed by atoms with van der Waals surface area (Å²) in [6.45, 7) is 0. The van der Waals surface area contributed by atoms with Gasteiger partial charge in [-0.05, 0) is 60.0 Å². The Balaban J connectivity index is 1.90. The first-order valence-corrected chi connectivity index (χ1v) is 7.52. The Hall–Kier alpha value is -2.65. The summed E-state index contributed by atoms with van der Waals surface area (Å²) < 4.78 is 4.37. The maximum absolute atomic E-state index is 10.0. The minimum atomic E-state index is 0.0681. The largest absolute Gasteiger partial charge is 0.508 e. The van der Waals surface area contributed by atoms with Gasteiger partial charge in [-0.3, -0.25) is 0 Å². The molecule has 122 valence electrons. The fraction of sp³-hybridized carbons (Fsp3) is 0. The molecule has 0 atom stereocenters. The lowest BCUT2D eigenvalue weighted by Gasteiger charge is -2.05. The summed E-state index contributed by atoms with van der Waals surface area (Å²) in [5.74, 6) is 0.229. The van der Waals surface area contributed by atoms with E-state index in [0.717, 1.165) is 17.4 Å². The first-order valence-electron chi connectivity index (χ1n) is 6.78. The van der Waals surface area contributed by atoms with Crippen molar-refractivity contribution in [2.75, 3.05) is 0 Å². The topological polar surface area (TPSA) is 104 Å². The van der Waals surface area contributed by atoms with Crippen molar-refractivity contribution in [3.05, 3.63) is 54.6 Å². The number of phenols is 2. The summed E-state index contributed by atoms with van der Waals surface area (Å²) in [4.78, 5) is 0.543. The van der Waals surface area contributed by atoms with E-state index < -0.39 is 0 Å². The van der Waals surface area contributed by atoms with Crippen LogP contribution in [0.5, 0.6) is 11.5 Å². The van der Waals surface area contributed by atoms with Gasteiger partial charge in [-0.1, -0.05) is 5.04 Å². The molecule has 24 heavy (non-hydrogen) atoms. The number of hydrogen-bond acceptors (Lipinski definition) is 8. The van der Waals surface area contributed by atoms with Crippen molar-refractivity contribution in [2.45, 2.75) is 4.90 Å². The van der Waals surface area contributed by atoms with E-state index in [0.29, 0.717) is 21.7 Å². The Morgan fingerprint density at radius 2 is 1.54 bits per heavy atom. The highest BCUT2D eigenvalue weighted by molar-refractivity contribution is 7.94. The number of fused-ring (bicyclic) bond motifs is 1. The lowest BCUT2D eigenvalue weighted by atomic mass is 10.1. The molecule has 0 radical (unpaired) electrons. The van der Waals surface area contributed by atoms with Gasteiger partial charge in [-0.2, -0.15) is 10.2 Å². The molecule has 0 fully saturated rings. The van der Waals surface area contributed by atoms with Crippen LogP contribution in [0.15, 0.2) is 69.7 Å². The Morgan fingerprint density at radius 3 is 2.29 bits per heavy atom. The lowest BCUT2D eigenvalue weighted by molar-refractivity contribution is -0.432. The first kappa shape index (κ1) is 16.2. The van der Waals surface area contributed by atoms with Crippen LogP contribution in [-0.2, 0) is 9.37 Å². The number of azo groups is 1. The van der Waals surface area contributed by atoms with Gasteiger partial charge < -0.3 is 10.2 Å². The zero-order valence-corrected chi connectivity index (χ0v) is 13.0. The quantitative estimate of drug-likeness (QED) is 0.258. The summed E-state index contributed by atoms with van der Waals surface area (Å²) >= 11 is 0.757. The van der Waals surface area contributed by atoms with E-state index in [4.69, 9.17) is 5.26 Å². The summed E-state index contributed by atoms with van der Waals surface area (Å²) in [6.07, 6.45) is 0. The van der Waals surface area contributed by atoms with E-state index >= 15 is 0 Å². The molecule has 0 spiro atoms. The average molecular weight is 344 g/mol. The van der Waals surface area contributed by atoms with Crippen LogP contribution in [0.1, 0.15) is 0 Å². The van der Waals surface area contributed by atoms with Crippen molar-refractivity contribution in [3.63, 3.8) is 0 Å². The standard InChI is InChI=1S/C16H12N2O5S/c19-13-4-1-11(2-5-13)17-18-12-3-6-15-10(7-12)8-14(9-16(15)20)24-23-22-21/h1-9,19-21H. The van der Waals surface area contributed by atoms with E-state index in [2.05, 4.69) is 19.6 Å². The summed E-state index contributed by atoms with van der Waals surface area (Å²) in [5.41, 5.74) is 1.20. The second-order valence-electron chi connectivity index (χ2n) is 4.79. The van der Waals surface area contributed by atoms with Gasteiger partial charge in [-0.15, -0.1) is 4.33 Å². The van der Waals surface area contributed by atoms with Crippen LogP contribution in [0.3, 0.4) is 0 Å². The zero-order chi connectivity index (χ0) is 16.9. The molecular formula is C16H12N2O5S. The maximum Gasteiger partial charge on any atom is 0.124 e. The Labute approximate surface area is 140 Å². The Morgan fingerprint density at radius 1 is 0.833 bits per heavy atom. The van der Waals surface area contributed by atoms with Gasteiger partial charge in [-0.25, -0.2) is 5.26 Å². The molecular weight excluding hydrogens is 332 g/mol. The van der Waals surface area contributed by atoms with E-state index in [1.807, 2.05) is 0 Å². The van der Waals surface area contributed by atoms with Crippen LogP contribution in [-0.4, -0.2) is 15.5 Å². The molecule has 3 aromatic rings. The predicted octanol–water partition coefficient (Wildman–Crippen LogP) is 5.09. The van der Waals surface area contributed by atoms with Crippen molar-refractivity contribution >= 4 is 34.2 Å². The molecule has 0 aliphatic carbocycles. The number of rotatable bonds is 5. The number of benzene rings is 3.